The minimum atomic E-state index is -0.0745. The molecule has 2 atom stereocenters. The number of carbonyl (C=O) groups is 1. The summed E-state index contributed by atoms with van der Waals surface area (Å²) in [6.07, 6.45) is 4.76. The second-order valence-corrected chi connectivity index (χ2v) is 4.47. The lowest BCUT2D eigenvalue weighted by Gasteiger charge is -2.01. The van der Waals surface area contributed by atoms with E-state index in [0.29, 0.717) is 6.61 Å². The lowest BCUT2D eigenvalue weighted by atomic mass is 10.2. The maximum atomic E-state index is 11.7. The molecule has 0 radical (unpaired) electrons. The van der Waals surface area contributed by atoms with Crippen molar-refractivity contribution in [2.24, 2.45) is 5.92 Å². The van der Waals surface area contributed by atoms with Crippen molar-refractivity contribution >= 4 is 5.97 Å². The SMILES string of the molecule is CCCCOC(=O)C1CC1c1cn(CC)nn1. The highest BCUT2D eigenvalue weighted by Crippen LogP contribution is 2.47. The zero-order chi connectivity index (χ0) is 12.3. The Hall–Kier alpha value is -1.39. The summed E-state index contributed by atoms with van der Waals surface area (Å²) in [5.74, 6) is 0.160. The van der Waals surface area contributed by atoms with Crippen molar-refractivity contribution in [1.82, 2.24) is 15.0 Å². The van der Waals surface area contributed by atoms with Crippen LogP contribution in [0.3, 0.4) is 0 Å². The van der Waals surface area contributed by atoms with E-state index in [2.05, 4.69) is 17.2 Å². The smallest absolute Gasteiger partial charge is 0.309 e. The molecular weight excluding hydrogens is 218 g/mol. The second-order valence-electron chi connectivity index (χ2n) is 4.47. The molecule has 2 unspecified atom stereocenters. The van der Waals surface area contributed by atoms with E-state index in [1.807, 2.05) is 13.1 Å². The van der Waals surface area contributed by atoms with Gasteiger partial charge in [-0.25, -0.2) is 0 Å². The van der Waals surface area contributed by atoms with Crippen LogP contribution in [0.25, 0.3) is 0 Å². The van der Waals surface area contributed by atoms with Gasteiger partial charge in [0, 0.05) is 18.7 Å². The zero-order valence-electron chi connectivity index (χ0n) is 10.4. The third-order valence-electron chi connectivity index (χ3n) is 3.10. The minimum Gasteiger partial charge on any atom is -0.465 e. The molecule has 1 heterocycles. The number of ether oxygens (including phenoxy) is 1. The third kappa shape index (κ3) is 2.84. The Morgan fingerprint density at radius 1 is 1.59 bits per heavy atom. The molecule has 0 saturated heterocycles. The number of hydrogen-bond acceptors (Lipinski definition) is 4. The summed E-state index contributed by atoms with van der Waals surface area (Å²) in [5.41, 5.74) is 0.921. The van der Waals surface area contributed by atoms with Crippen molar-refractivity contribution in [3.8, 4) is 0 Å². The van der Waals surface area contributed by atoms with E-state index in [-0.39, 0.29) is 17.8 Å². The fourth-order valence-electron chi connectivity index (χ4n) is 1.84. The molecule has 1 aliphatic carbocycles. The fraction of sp³-hybridized carbons (Fsp3) is 0.750. The number of aromatic nitrogens is 3. The molecule has 0 spiro atoms. The maximum Gasteiger partial charge on any atom is 0.309 e. The van der Waals surface area contributed by atoms with Crippen molar-refractivity contribution < 1.29 is 9.53 Å². The second kappa shape index (κ2) is 5.29. The van der Waals surface area contributed by atoms with Gasteiger partial charge < -0.3 is 4.74 Å². The number of carbonyl (C=O) groups excluding carboxylic acids is 1. The van der Waals surface area contributed by atoms with Gasteiger partial charge in [-0.2, -0.15) is 0 Å². The van der Waals surface area contributed by atoms with Gasteiger partial charge in [-0.15, -0.1) is 5.10 Å². The number of unbranched alkanes of at least 4 members (excludes halogenated alkanes) is 1. The summed E-state index contributed by atoms with van der Waals surface area (Å²) in [7, 11) is 0. The van der Waals surface area contributed by atoms with Crippen molar-refractivity contribution in [1.29, 1.82) is 0 Å². The van der Waals surface area contributed by atoms with Crippen molar-refractivity contribution in [2.45, 2.75) is 45.6 Å². The van der Waals surface area contributed by atoms with Gasteiger partial charge in [0.2, 0.25) is 0 Å². The van der Waals surface area contributed by atoms with Crippen LogP contribution in [0.2, 0.25) is 0 Å². The highest BCUT2D eigenvalue weighted by atomic mass is 16.5. The van der Waals surface area contributed by atoms with Crippen LogP contribution in [0.1, 0.15) is 44.7 Å². The number of rotatable bonds is 6. The molecule has 5 heteroatoms. The Labute approximate surface area is 101 Å². The van der Waals surface area contributed by atoms with E-state index in [4.69, 9.17) is 4.74 Å². The van der Waals surface area contributed by atoms with Crippen molar-refractivity contribution in [3.63, 3.8) is 0 Å². The molecule has 17 heavy (non-hydrogen) atoms. The summed E-state index contributed by atoms with van der Waals surface area (Å²) in [6.45, 7) is 5.45. The molecule has 0 amide bonds. The molecule has 94 valence electrons. The number of esters is 1. The normalized spacial score (nSPS) is 22.5. The van der Waals surface area contributed by atoms with E-state index in [1.165, 1.54) is 0 Å². The van der Waals surface area contributed by atoms with Crippen LogP contribution in [-0.4, -0.2) is 27.6 Å². The average molecular weight is 237 g/mol. The Balaban J connectivity index is 1.81. The zero-order valence-corrected chi connectivity index (χ0v) is 10.4. The fourth-order valence-corrected chi connectivity index (χ4v) is 1.84. The van der Waals surface area contributed by atoms with Gasteiger partial charge >= 0.3 is 5.97 Å². The van der Waals surface area contributed by atoms with Gasteiger partial charge in [0.25, 0.3) is 0 Å². The van der Waals surface area contributed by atoms with Gasteiger partial charge in [0.05, 0.1) is 18.2 Å². The molecule has 0 aromatic carbocycles. The van der Waals surface area contributed by atoms with Gasteiger partial charge in [0.15, 0.2) is 0 Å². The van der Waals surface area contributed by atoms with Crippen molar-refractivity contribution in [2.75, 3.05) is 6.61 Å². The molecule has 0 N–H and O–H groups in total. The van der Waals surface area contributed by atoms with E-state index in [0.717, 1.165) is 31.5 Å². The van der Waals surface area contributed by atoms with Gasteiger partial charge in [-0.05, 0) is 19.8 Å². The number of aryl methyl sites for hydroxylation is 1. The van der Waals surface area contributed by atoms with Gasteiger partial charge in [-0.3, -0.25) is 9.48 Å². The van der Waals surface area contributed by atoms with Crippen LogP contribution in [-0.2, 0) is 16.1 Å². The van der Waals surface area contributed by atoms with Crippen molar-refractivity contribution in [3.05, 3.63) is 11.9 Å². The third-order valence-corrected chi connectivity index (χ3v) is 3.10. The lowest BCUT2D eigenvalue weighted by molar-refractivity contribution is -0.145. The van der Waals surface area contributed by atoms with Crippen LogP contribution in [0.15, 0.2) is 6.20 Å². The first-order chi connectivity index (χ1) is 8.26. The molecule has 0 bridgehead atoms. The average Bonchev–Trinajstić information content (AvgIpc) is 3.00. The van der Waals surface area contributed by atoms with Crippen LogP contribution in [0.4, 0.5) is 0 Å². The van der Waals surface area contributed by atoms with E-state index in [1.54, 1.807) is 4.68 Å². The van der Waals surface area contributed by atoms with E-state index in [9.17, 15) is 4.79 Å². The first kappa shape index (κ1) is 12.1. The van der Waals surface area contributed by atoms with Gasteiger partial charge in [-0.1, -0.05) is 18.6 Å². The summed E-state index contributed by atoms with van der Waals surface area (Å²) in [5, 5.41) is 8.06. The maximum absolute atomic E-state index is 11.7. The molecule has 1 saturated carbocycles. The highest BCUT2D eigenvalue weighted by Gasteiger charge is 2.46. The quantitative estimate of drug-likeness (QED) is 0.558. The number of nitrogens with zero attached hydrogens (tertiary/aromatic N) is 3. The molecule has 1 aliphatic rings. The molecule has 0 aliphatic heterocycles. The van der Waals surface area contributed by atoms with Gasteiger partial charge in [0.1, 0.15) is 0 Å². The first-order valence-corrected chi connectivity index (χ1v) is 6.33. The number of hydrogen-bond donors (Lipinski definition) is 0. The van der Waals surface area contributed by atoms with Crippen LogP contribution in [0.5, 0.6) is 0 Å². The molecular formula is C12H19N3O2. The molecule has 1 aromatic rings. The Morgan fingerprint density at radius 3 is 3.06 bits per heavy atom. The summed E-state index contributed by atoms with van der Waals surface area (Å²) in [4.78, 5) is 11.7. The topological polar surface area (TPSA) is 57.0 Å². The summed E-state index contributed by atoms with van der Waals surface area (Å²) < 4.78 is 6.98. The predicted octanol–water partition coefficient (Wildman–Crippen LogP) is 1.74. The lowest BCUT2D eigenvalue weighted by Crippen LogP contribution is -2.08. The largest absolute Gasteiger partial charge is 0.465 e. The molecule has 1 aromatic heterocycles. The summed E-state index contributed by atoms with van der Waals surface area (Å²) >= 11 is 0. The molecule has 2 rings (SSSR count). The van der Waals surface area contributed by atoms with E-state index >= 15 is 0 Å². The molecule has 5 nitrogen and oxygen atoms in total. The first-order valence-electron chi connectivity index (χ1n) is 6.33. The van der Waals surface area contributed by atoms with Crippen LogP contribution >= 0.6 is 0 Å². The Kier molecular flexibility index (Phi) is 3.76. The Bertz CT molecular complexity index is 389. The van der Waals surface area contributed by atoms with Crippen LogP contribution < -0.4 is 0 Å². The predicted molar refractivity (Wildman–Crippen MR) is 62.4 cm³/mol. The van der Waals surface area contributed by atoms with Crippen LogP contribution in [0, 0.1) is 5.92 Å². The minimum absolute atomic E-state index is 0.00821. The standard InChI is InChI=1S/C12H19N3O2/c1-3-5-6-17-12(16)10-7-9(10)11-8-15(4-2)14-13-11/h8-10H,3-7H2,1-2H3. The molecule has 1 fully saturated rings. The highest BCUT2D eigenvalue weighted by molar-refractivity contribution is 5.77. The Morgan fingerprint density at radius 2 is 2.41 bits per heavy atom. The summed E-state index contributed by atoms with van der Waals surface area (Å²) in [6, 6.07) is 0. The monoisotopic (exact) mass is 237 g/mol. The van der Waals surface area contributed by atoms with E-state index < -0.39 is 0 Å².